The second kappa shape index (κ2) is 5.11. The first-order chi connectivity index (χ1) is 8.22. The quantitative estimate of drug-likeness (QED) is 0.851. The molecule has 0 spiro atoms. The molecule has 6 nitrogen and oxygen atoms in total. The zero-order valence-corrected chi connectivity index (χ0v) is 9.84. The lowest BCUT2D eigenvalue weighted by Gasteiger charge is -2.04. The largest absolute Gasteiger partial charge is 0.469 e. The molecule has 1 atom stereocenters. The Bertz CT molecular complexity index is 478. The van der Waals surface area contributed by atoms with Crippen LogP contribution in [0.1, 0.15) is 24.1 Å². The molecule has 0 aliphatic carbocycles. The Labute approximate surface area is 98.7 Å². The van der Waals surface area contributed by atoms with Crippen molar-refractivity contribution in [3.8, 4) is 11.4 Å². The maximum absolute atomic E-state index is 5.89. The van der Waals surface area contributed by atoms with E-state index >= 15 is 0 Å². The van der Waals surface area contributed by atoms with Gasteiger partial charge in [0.2, 0.25) is 11.7 Å². The average molecular weight is 237 g/mol. The lowest BCUT2D eigenvalue weighted by Crippen LogP contribution is -2.12. The molecule has 2 aromatic rings. The van der Waals surface area contributed by atoms with Crippen LogP contribution in [0, 0.1) is 6.92 Å². The Hall–Kier alpha value is -1.66. The van der Waals surface area contributed by atoms with Crippen LogP contribution in [0.3, 0.4) is 0 Å². The maximum Gasteiger partial charge on any atom is 0.243 e. The molecule has 6 heteroatoms. The van der Waals surface area contributed by atoms with Gasteiger partial charge in [0.25, 0.3) is 0 Å². The van der Waals surface area contributed by atoms with Crippen LogP contribution in [-0.4, -0.2) is 23.9 Å². The van der Waals surface area contributed by atoms with Crippen molar-refractivity contribution in [2.75, 3.05) is 13.7 Å². The molecule has 2 rings (SSSR count). The number of ether oxygens (including phenoxy) is 1. The third-order valence-corrected chi connectivity index (χ3v) is 2.49. The molecule has 2 aromatic heterocycles. The summed E-state index contributed by atoms with van der Waals surface area (Å²) in [6, 6.07) is 1.49. The van der Waals surface area contributed by atoms with Gasteiger partial charge in [-0.25, -0.2) is 0 Å². The first kappa shape index (κ1) is 11.8. The monoisotopic (exact) mass is 237 g/mol. The van der Waals surface area contributed by atoms with E-state index in [1.165, 1.54) is 0 Å². The van der Waals surface area contributed by atoms with Crippen LogP contribution in [0.4, 0.5) is 0 Å². The summed E-state index contributed by atoms with van der Waals surface area (Å²) in [6.07, 6.45) is 2.23. The van der Waals surface area contributed by atoms with Gasteiger partial charge in [0.15, 0.2) is 0 Å². The number of nitrogens with two attached hydrogens (primary N) is 1. The molecule has 2 heterocycles. The van der Waals surface area contributed by atoms with Gasteiger partial charge in [-0.1, -0.05) is 5.16 Å². The summed E-state index contributed by atoms with van der Waals surface area (Å²) in [7, 11) is 1.63. The van der Waals surface area contributed by atoms with E-state index in [0.29, 0.717) is 24.7 Å². The SMILES string of the molecule is COCCC(N)c1nc(-c2ccoc2C)no1. The van der Waals surface area contributed by atoms with Crippen molar-refractivity contribution >= 4 is 0 Å². The van der Waals surface area contributed by atoms with E-state index in [1.807, 2.05) is 6.92 Å². The Balaban J connectivity index is 2.13. The summed E-state index contributed by atoms with van der Waals surface area (Å²) in [6.45, 7) is 2.40. The molecule has 0 bridgehead atoms. The maximum atomic E-state index is 5.89. The minimum Gasteiger partial charge on any atom is -0.469 e. The highest BCUT2D eigenvalue weighted by atomic mass is 16.5. The minimum atomic E-state index is -0.302. The van der Waals surface area contributed by atoms with E-state index in [1.54, 1.807) is 19.4 Å². The third kappa shape index (κ3) is 2.54. The molecular weight excluding hydrogens is 222 g/mol. The number of methoxy groups -OCH3 is 1. The summed E-state index contributed by atoms with van der Waals surface area (Å²) in [5.74, 6) is 1.67. The van der Waals surface area contributed by atoms with Crippen LogP contribution in [0.25, 0.3) is 11.4 Å². The van der Waals surface area contributed by atoms with Gasteiger partial charge in [-0.05, 0) is 19.4 Å². The van der Waals surface area contributed by atoms with Crippen molar-refractivity contribution < 1.29 is 13.7 Å². The predicted octanol–water partition coefficient (Wildman–Crippen LogP) is 1.67. The molecular formula is C11H15N3O3. The standard InChI is InChI=1S/C11H15N3O3/c1-7-8(3-6-16-7)10-13-11(17-14-10)9(12)4-5-15-2/h3,6,9H,4-5,12H2,1-2H3. The molecule has 0 fully saturated rings. The second-order valence-electron chi connectivity index (χ2n) is 3.73. The van der Waals surface area contributed by atoms with Crippen LogP contribution >= 0.6 is 0 Å². The van der Waals surface area contributed by atoms with Crippen molar-refractivity contribution in [1.82, 2.24) is 10.1 Å². The summed E-state index contributed by atoms with van der Waals surface area (Å²) >= 11 is 0. The Morgan fingerprint density at radius 2 is 2.35 bits per heavy atom. The molecule has 2 N–H and O–H groups in total. The number of furan rings is 1. The highest BCUT2D eigenvalue weighted by Crippen LogP contribution is 2.22. The predicted molar refractivity (Wildman–Crippen MR) is 60.2 cm³/mol. The number of hydrogen-bond acceptors (Lipinski definition) is 6. The highest BCUT2D eigenvalue weighted by Gasteiger charge is 2.17. The van der Waals surface area contributed by atoms with Gasteiger partial charge in [-0.15, -0.1) is 0 Å². The van der Waals surface area contributed by atoms with Crippen LogP contribution in [-0.2, 0) is 4.74 Å². The molecule has 0 aromatic carbocycles. The van der Waals surface area contributed by atoms with Gasteiger partial charge in [0.1, 0.15) is 5.76 Å². The zero-order valence-electron chi connectivity index (χ0n) is 9.84. The fraction of sp³-hybridized carbons (Fsp3) is 0.455. The van der Waals surface area contributed by atoms with Crippen molar-refractivity contribution in [3.63, 3.8) is 0 Å². The van der Waals surface area contributed by atoms with Crippen molar-refractivity contribution in [3.05, 3.63) is 24.0 Å². The van der Waals surface area contributed by atoms with Gasteiger partial charge in [0, 0.05) is 13.7 Å². The molecule has 0 saturated heterocycles. The fourth-order valence-corrected chi connectivity index (χ4v) is 1.48. The summed E-state index contributed by atoms with van der Waals surface area (Å²) in [5, 5.41) is 3.88. The van der Waals surface area contributed by atoms with Gasteiger partial charge < -0.3 is 19.4 Å². The van der Waals surface area contributed by atoms with E-state index in [4.69, 9.17) is 19.4 Å². The molecule has 92 valence electrons. The Morgan fingerprint density at radius 1 is 1.53 bits per heavy atom. The second-order valence-corrected chi connectivity index (χ2v) is 3.73. The fourth-order valence-electron chi connectivity index (χ4n) is 1.48. The van der Waals surface area contributed by atoms with Crippen LogP contribution in [0.2, 0.25) is 0 Å². The van der Waals surface area contributed by atoms with Crippen LogP contribution in [0.15, 0.2) is 21.3 Å². The van der Waals surface area contributed by atoms with Crippen LogP contribution in [0.5, 0.6) is 0 Å². The normalized spacial score (nSPS) is 12.9. The lowest BCUT2D eigenvalue weighted by atomic mass is 10.2. The topological polar surface area (TPSA) is 87.3 Å². The molecule has 0 aliphatic heterocycles. The van der Waals surface area contributed by atoms with Crippen molar-refractivity contribution in [2.45, 2.75) is 19.4 Å². The van der Waals surface area contributed by atoms with E-state index in [-0.39, 0.29) is 6.04 Å². The van der Waals surface area contributed by atoms with E-state index in [0.717, 1.165) is 11.3 Å². The Kier molecular flexibility index (Phi) is 3.55. The van der Waals surface area contributed by atoms with Gasteiger partial charge in [0.05, 0.1) is 17.9 Å². The summed E-state index contributed by atoms with van der Waals surface area (Å²) in [5.41, 5.74) is 6.70. The lowest BCUT2D eigenvalue weighted by molar-refractivity contribution is 0.182. The zero-order chi connectivity index (χ0) is 12.3. The van der Waals surface area contributed by atoms with Gasteiger partial charge in [-0.2, -0.15) is 4.98 Å². The summed E-state index contributed by atoms with van der Waals surface area (Å²) < 4.78 is 15.2. The number of hydrogen-bond donors (Lipinski definition) is 1. The molecule has 0 saturated carbocycles. The van der Waals surface area contributed by atoms with E-state index in [2.05, 4.69) is 10.1 Å². The molecule has 0 radical (unpaired) electrons. The van der Waals surface area contributed by atoms with Gasteiger partial charge in [-0.3, -0.25) is 0 Å². The van der Waals surface area contributed by atoms with Crippen molar-refractivity contribution in [1.29, 1.82) is 0 Å². The minimum absolute atomic E-state index is 0.302. The Morgan fingerprint density at radius 3 is 3.00 bits per heavy atom. The molecule has 0 amide bonds. The number of nitrogens with zero attached hydrogens (tertiary/aromatic N) is 2. The number of aryl methyl sites for hydroxylation is 1. The number of aromatic nitrogens is 2. The highest BCUT2D eigenvalue weighted by molar-refractivity contribution is 5.56. The molecule has 17 heavy (non-hydrogen) atoms. The van der Waals surface area contributed by atoms with E-state index < -0.39 is 0 Å². The van der Waals surface area contributed by atoms with Gasteiger partial charge >= 0.3 is 0 Å². The smallest absolute Gasteiger partial charge is 0.243 e. The molecule has 1 unspecified atom stereocenters. The first-order valence-electron chi connectivity index (χ1n) is 5.35. The van der Waals surface area contributed by atoms with E-state index in [9.17, 15) is 0 Å². The van der Waals surface area contributed by atoms with Crippen molar-refractivity contribution in [2.24, 2.45) is 5.73 Å². The number of rotatable bonds is 5. The third-order valence-electron chi connectivity index (χ3n) is 2.49. The molecule has 0 aliphatic rings. The first-order valence-corrected chi connectivity index (χ1v) is 5.35. The average Bonchev–Trinajstić information content (AvgIpc) is 2.93. The van der Waals surface area contributed by atoms with Crippen LogP contribution < -0.4 is 5.73 Å². The summed E-state index contributed by atoms with van der Waals surface area (Å²) in [4.78, 5) is 4.25.